The van der Waals surface area contributed by atoms with Gasteiger partial charge in [-0.05, 0) is 38.1 Å². The molecule has 2 aliphatic rings. The molecule has 3 atom stereocenters. The third-order valence-electron chi connectivity index (χ3n) is 4.03. The molecule has 22 heavy (non-hydrogen) atoms. The maximum absolute atomic E-state index is 5.98. The van der Waals surface area contributed by atoms with Gasteiger partial charge in [0, 0.05) is 14.7 Å². The van der Waals surface area contributed by atoms with E-state index in [1.54, 1.807) is 0 Å². The van der Waals surface area contributed by atoms with E-state index in [1.807, 2.05) is 6.26 Å². The number of rotatable bonds is 8. The predicted molar refractivity (Wildman–Crippen MR) is 90.7 cm³/mol. The average Bonchev–Trinajstić information content (AvgIpc) is 2.48. The lowest BCUT2D eigenvalue weighted by Crippen LogP contribution is -2.47. The van der Waals surface area contributed by atoms with Crippen molar-refractivity contribution in [2.24, 2.45) is 0 Å². The maximum atomic E-state index is 5.98. The molecule has 5 heteroatoms. The van der Waals surface area contributed by atoms with Crippen molar-refractivity contribution in [3.63, 3.8) is 0 Å². The highest BCUT2D eigenvalue weighted by Gasteiger charge is 2.34. The van der Waals surface area contributed by atoms with Gasteiger partial charge in [-0.3, -0.25) is 0 Å². The summed E-state index contributed by atoms with van der Waals surface area (Å²) in [5, 5.41) is 0. The highest BCUT2D eigenvalue weighted by atomic mass is 28.3. The van der Waals surface area contributed by atoms with E-state index in [1.165, 1.54) is 6.04 Å². The van der Waals surface area contributed by atoms with Gasteiger partial charge in [0.05, 0.1) is 25.6 Å². The molecule has 4 nitrogen and oxygen atoms in total. The highest BCUT2D eigenvalue weighted by molar-refractivity contribution is 6.76. The lowest BCUT2D eigenvalue weighted by Gasteiger charge is -2.39. The van der Waals surface area contributed by atoms with Crippen molar-refractivity contribution in [1.29, 1.82) is 0 Å². The van der Waals surface area contributed by atoms with Crippen LogP contribution in [0.1, 0.15) is 32.1 Å². The lowest BCUT2D eigenvalue weighted by atomic mass is 10.0. The molecule has 2 rings (SSSR count). The van der Waals surface area contributed by atoms with Crippen molar-refractivity contribution >= 4 is 8.07 Å². The summed E-state index contributed by atoms with van der Waals surface area (Å²) in [4.78, 5) is 0. The summed E-state index contributed by atoms with van der Waals surface area (Å²) in [6.07, 6.45) is 9.67. The van der Waals surface area contributed by atoms with E-state index in [0.717, 1.165) is 45.3 Å². The fourth-order valence-corrected chi connectivity index (χ4v) is 3.55. The van der Waals surface area contributed by atoms with Gasteiger partial charge in [-0.15, -0.1) is 0 Å². The SMILES string of the molecule is C[Si](C)(C)C/C=C\OCCCC[C@@H]1OC[C@H]2OCCC[C@@H]2O1. The summed E-state index contributed by atoms with van der Waals surface area (Å²) in [5.74, 6) is 0. The van der Waals surface area contributed by atoms with Gasteiger partial charge in [0.25, 0.3) is 0 Å². The molecule has 0 radical (unpaired) electrons. The second-order valence-electron chi connectivity index (χ2n) is 7.49. The van der Waals surface area contributed by atoms with Crippen LogP contribution in [0.25, 0.3) is 0 Å². The lowest BCUT2D eigenvalue weighted by molar-refractivity contribution is -0.274. The first-order valence-electron chi connectivity index (χ1n) is 8.70. The van der Waals surface area contributed by atoms with Crippen molar-refractivity contribution in [2.45, 2.75) is 76.3 Å². The Labute approximate surface area is 136 Å². The number of unbranched alkanes of at least 4 members (excludes halogenated alkanes) is 1. The molecule has 0 spiro atoms. The van der Waals surface area contributed by atoms with Crippen molar-refractivity contribution in [3.8, 4) is 0 Å². The minimum Gasteiger partial charge on any atom is -0.502 e. The first kappa shape index (κ1) is 18.0. The summed E-state index contributed by atoms with van der Waals surface area (Å²) in [6, 6.07) is 1.18. The van der Waals surface area contributed by atoms with Gasteiger partial charge in [0.2, 0.25) is 0 Å². The van der Waals surface area contributed by atoms with Crippen LogP contribution in [0.3, 0.4) is 0 Å². The number of fused-ring (bicyclic) bond motifs is 1. The molecule has 0 saturated carbocycles. The first-order chi connectivity index (χ1) is 10.5. The van der Waals surface area contributed by atoms with Crippen molar-refractivity contribution < 1.29 is 18.9 Å². The molecule has 2 heterocycles. The van der Waals surface area contributed by atoms with Crippen molar-refractivity contribution in [2.75, 3.05) is 19.8 Å². The summed E-state index contributed by atoms with van der Waals surface area (Å²) in [5.41, 5.74) is 0. The molecule has 0 aromatic rings. The molecule has 0 unspecified atom stereocenters. The van der Waals surface area contributed by atoms with Crippen LogP contribution in [-0.2, 0) is 18.9 Å². The number of hydrogen-bond acceptors (Lipinski definition) is 4. The summed E-state index contributed by atoms with van der Waals surface area (Å²) in [6.45, 7) is 9.41. The fraction of sp³-hybridized carbons (Fsp3) is 0.882. The molecule has 0 amide bonds. The Bertz CT molecular complexity index is 340. The molecule has 0 bridgehead atoms. The van der Waals surface area contributed by atoms with Crippen LogP contribution >= 0.6 is 0 Å². The van der Waals surface area contributed by atoms with Gasteiger partial charge in [-0.2, -0.15) is 0 Å². The molecule has 0 aromatic heterocycles. The Morgan fingerprint density at radius 1 is 1.14 bits per heavy atom. The van der Waals surface area contributed by atoms with Crippen LogP contribution in [-0.4, -0.2) is 46.4 Å². The molecule has 128 valence electrons. The molecular weight excluding hydrogens is 296 g/mol. The topological polar surface area (TPSA) is 36.9 Å². The monoisotopic (exact) mass is 328 g/mol. The molecule has 2 fully saturated rings. The van der Waals surface area contributed by atoms with E-state index in [2.05, 4.69) is 25.7 Å². The van der Waals surface area contributed by atoms with E-state index < -0.39 is 8.07 Å². The normalized spacial score (nSPS) is 29.5. The Balaban J connectivity index is 1.49. The van der Waals surface area contributed by atoms with Crippen molar-refractivity contribution in [3.05, 3.63) is 12.3 Å². The molecule has 0 aromatic carbocycles. The number of allylic oxidation sites excluding steroid dienone is 1. The molecule has 0 N–H and O–H groups in total. The van der Waals surface area contributed by atoms with E-state index >= 15 is 0 Å². The van der Waals surface area contributed by atoms with Gasteiger partial charge in [0.15, 0.2) is 6.29 Å². The van der Waals surface area contributed by atoms with Gasteiger partial charge in [-0.25, -0.2) is 0 Å². The predicted octanol–water partition coefficient (Wildman–Crippen LogP) is 3.95. The van der Waals surface area contributed by atoms with Crippen LogP contribution in [0, 0.1) is 0 Å². The second kappa shape index (κ2) is 9.06. The van der Waals surface area contributed by atoms with Crippen LogP contribution in [0.5, 0.6) is 0 Å². The average molecular weight is 329 g/mol. The zero-order valence-electron chi connectivity index (χ0n) is 14.4. The second-order valence-corrected chi connectivity index (χ2v) is 13.0. The highest BCUT2D eigenvalue weighted by Crippen LogP contribution is 2.25. The fourth-order valence-electron chi connectivity index (χ4n) is 2.75. The third-order valence-corrected chi connectivity index (χ3v) is 5.49. The Morgan fingerprint density at radius 2 is 2.00 bits per heavy atom. The zero-order valence-corrected chi connectivity index (χ0v) is 15.4. The smallest absolute Gasteiger partial charge is 0.158 e. The van der Waals surface area contributed by atoms with E-state index in [0.29, 0.717) is 6.61 Å². The van der Waals surface area contributed by atoms with Gasteiger partial charge >= 0.3 is 0 Å². The minimum absolute atomic E-state index is 0.0506. The molecular formula is C17H32O4Si. The summed E-state index contributed by atoms with van der Waals surface area (Å²) < 4.78 is 22.9. The van der Waals surface area contributed by atoms with E-state index in [9.17, 15) is 0 Å². The van der Waals surface area contributed by atoms with Gasteiger partial charge in [0.1, 0.15) is 6.10 Å². The standard InChI is InChI=1S/C17H32O4Si/c1-22(2,3)13-7-11-18-10-5-4-9-17-20-14-16-15(21-17)8-6-12-19-16/h7,11,15-17H,4-6,8-10,12-14H2,1-3H3/b11-7-/t15-,16+,17+/m0/s1. The van der Waals surface area contributed by atoms with Crippen molar-refractivity contribution in [1.82, 2.24) is 0 Å². The van der Waals surface area contributed by atoms with Crippen LogP contribution < -0.4 is 0 Å². The Kier molecular flexibility index (Phi) is 7.41. The van der Waals surface area contributed by atoms with E-state index in [4.69, 9.17) is 18.9 Å². The number of ether oxygens (including phenoxy) is 4. The Morgan fingerprint density at radius 3 is 2.82 bits per heavy atom. The minimum atomic E-state index is -0.980. The van der Waals surface area contributed by atoms with Crippen LogP contribution in [0.4, 0.5) is 0 Å². The van der Waals surface area contributed by atoms with Crippen LogP contribution in [0.2, 0.25) is 25.7 Å². The first-order valence-corrected chi connectivity index (χ1v) is 12.4. The zero-order chi connectivity index (χ0) is 15.8. The maximum Gasteiger partial charge on any atom is 0.158 e. The Hall–Kier alpha value is -0.363. The summed E-state index contributed by atoms with van der Waals surface area (Å²) in [7, 11) is -0.980. The summed E-state index contributed by atoms with van der Waals surface area (Å²) >= 11 is 0. The number of hydrogen-bond donors (Lipinski definition) is 0. The quantitative estimate of drug-likeness (QED) is 0.384. The van der Waals surface area contributed by atoms with E-state index in [-0.39, 0.29) is 18.5 Å². The third kappa shape index (κ3) is 6.81. The molecule has 2 saturated heterocycles. The largest absolute Gasteiger partial charge is 0.502 e. The van der Waals surface area contributed by atoms with Crippen LogP contribution in [0.15, 0.2) is 12.3 Å². The molecule has 2 aliphatic heterocycles. The van der Waals surface area contributed by atoms with Gasteiger partial charge < -0.3 is 18.9 Å². The van der Waals surface area contributed by atoms with Gasteiger partial charge in [-0.1, -0.05) is 25.7 Å². The molecule has 0 aliphatic carbocycles.